The van der Waals surface area contributed by atoms with Crippen molar-refractivity contribution in [3.8, 4) is 11.5 Å². The predicted octanol–water partition coefficient (Wildman–Crippen LogP) is 3.24. The van der Waals surface area contributed by atoms with E-state index in [2.05, 4.69) is 5.32 Å². The lowest BCUT2D eigenvalue weighted by Gasteiger charge is -2.28. The fraction of sp³-hybridized carbons (Fsp3) is 0.571. The maximum Gasteiger partial charge on any atom is 0.264 e. The van der Waals surface area contributed by atoms with Gasteiger partial charge in [0.25, 0.3) is 6.43 Å². The number of halogens is 2. The van der Waals surface area contributed by atoms with Crippen LogP contribution in [0.5, 0.6) is 11.5 Å². The molecule has 1 N–H and O–H groups in total. The van der Waals surface area contributed by atoms with E-state index in [0.717, 1.165) is 19.4 Å². The zero-order valence-corrected chi connectivity index (χ0v) is 11.4. The van der Waals surface area contributed by atoms with Gasteiger partial charge >= 0.3 is 0 Å². The summed E-state index contributed by atoms with van der Waals surface area (Å²) in [5.74, 6) is 0.819. The van der Waals surface area contributed by atoms with Gasteiger partial charge in [-0.3, -0.25) is 0 Å². The molecular weight excluding hydrogens is 252 g/mol. The molecule has 0 aliphatic carbocycles. The molecule has 1 fully saturated rings. The summed E-state index contributed by atoms with van der Waals surface area (Å²) in [4.78, 5) is 0. The minimum Gasteiger partial charge on any atom is -0.493 e. The van der Waals surface area contributed by atoms with Gasteiger partial charge in [-0.1, -0.05) is 0 Å². The first-order valence-corrected chi connectivity index (χ1v) is 6.31. The summed E-state index contributed by atoms with van der Waals surface area (Å²) in [6.07, 6.45) is -0.718. The molecule has 3 nitrogen and oxygen atoms in total. The van der Waals surface area contributed by atoms with E-state index in [-0.39, 0.29) is 5.56 Å². The van der Waals surface area contributed by atoms with Crippen LogP contribution in [0.1, 0.15) is 37.3 Å². The molecule has 0 aromatic heterocycles. The number of hydrogen-bond donors (Lipinski definition) is 1. The molecule has 1 saturated heterocycles. The van der Waals surface area contributed by atoms with Crippen LogP contribution in [0.2, 0.25) is 0 Å². The van der Waals surface area contributed by atoms with Gasteiger partial charge in [-0.05, 0) is 44.0 Å². The maximum atomic E-state index is 13.3. The first kappa shape index (κ1) is 14.1. The lowest BCUT2D eigenvalue weighted by molar-refractivity contribution is 0.147. The average Bonchev–Trinajstić information content (AvgIpc) is 2.85. The number of ether oxygens (including phenoxy) is 2. The summed E-state index contributed by atoms with van der Waals surface area (Å²) in [5, 5.41) is 3.30. The fourth-order valence-corrected chi connectivity index (χ4v) is 2.68. The van der Waals surface area contributed by atoms with Gasteiger partial charge in [0.2, 0.25) is 0 Å². The van der Waals surface area contributed by atoms with Crippen LogP contribution in [-0.2, 0) is 5.54 Å². The van der Waals surface area contributed by atoms with Crippen LogP contribution < -0.4 is 14.8 Å². The Labute approximate surface area is 111 Å². The molecule has 1 unspecified atom stereocenters. The highest BCUT2D eigenvalue weighted by molar-refractivity contribution is 5.50. The maximum absolute atomic E-state index is 13.3. The van der Waals surface area contributed by atoms with Crippen molar-refractivity contribution in [1.29, 1.82) is 0 Å². The molecule has 2 rings (SSSR count). The topological polar surface area (TPSA) is 30.5 Å². The van der Waals surface area contributed by atoms with Crippen LogP contribution in [0.3, 0.4) is 0 Å². The Kier molecular flexibility index (Phi) is 3.94. The average molecular weight is 271 g/mol. The molecule has 0 spiro atoms. The molecule has 5 heteroatoms. The molecule has 0 radical (unpaired) electrons. The molecule has 1 atom stereocenters. The predicted molar refractivity (Wildman–Crippen MR) is 69.1 cm³/mol. The minimum atomic E-state index is -2.53. The third kappa shape index (κ3) is 2.52. The van der Waals surface area contributed by atoms with Gasteiger partial charge in [-0.15, -0.1) is 0 Å². The number of rotatable bonds is 4. The van der Waals surface area contributed by atoms with Crippen LogP contribution >= 0.6 is 0 Å². The highest BCUT2D eigenvalue weighted by Gasteiger charge is 2.35. The molecule has 1 aromatic carbocycles. The van der Waals surface area contributed by atoms with E-state index in [9.17, 15) is 8.78 Å². The van der Waals surface area contributed by atoms with Gasteiger partial charge in [0.05, 0.1) is 14.2 Å². The first-order chi connectivity index (χ1) is 9.01. The molecule has 0 saturated carbocycles. The van der Waals surface area contributed by atoms with Crippen LogP contribution in [0.4, 0.5) is 8.78 Å². The highest BCUT2D eigenvalue weighted by atomic mass is 19.3. The Balaban J connectivity index is 2.57. The molecule has 1 aliphatic heterocycles. The second-order valence-electron chi connectivity index (χ2n) is 4.96. The summed E-state index contributed by atoms with van der Waals surface area (Å²) >= 11 is 0. The van der Waals surface area contributed by atoms with Crippen LogP contribution in [-0.4, -0.2) is 20.8 Å². The lowest BCUT2D eigenvalue weighted by atomic mass is 9.86. The number of alkyl halides is 2. The Morgan fingerprint density at radius 3 is 2.32 bits per heavy atom. The molecule has 1 aromatic rings. The van der Waals surface area contributed by atoms with Crippen molar-refractivity contribution in [3.05, 3.63) is 23.3 Å². The van der Waals surface area contributed by atoms with Gasteiger partial charge in [0, 0.05) is 11.1 Å². The lowest BCUT2D eigenvalue weighted by Crippen LogP contribution is -2.34. The second-order valence-corrected chi connectivity index (χ2v) is 4.96. The Bertz CT molecular complexity index is 457. The van der Waals surface area contributed by atoms with Gasteiger partial charge < -0.3 is 14.8 Å². The second kappa shape index (κ2) is 5.33. The Morgan fingerprint density at radius 1 is 1.21 bits per heavy atom. The SMILES string of the molecule is COc1cc(C(F)F)c(C2(C)CCCN2)cc1OC. The molecular formula is C14H19F2NO2. The molecule has 106 valence electrons. The van der Waals surface area contributed by atoms with E-state index in [1.54, 1.807) is 6.07 Å². The summed E-state index contributed by atoms with van der Waals surface area (Å²) in [6.45, 7) is 2.79. The van der Waals surface area contributed by atoms with Gasteiger partial charge in [-0.25, -0.2) is 8.78 Å². The molecule has 1 aliphatic rings. The van der Waals surface area contributed by atoms with Crippen molar-refractivity contribution in [3.63, 3.8) is 0 Å². The van der Waals surface area contributed by atoms with Gasteiger partial charge in [0.1, 0.15) is 0 Å². The van der Waals surface area contributed by atoms with Crippen molar-refractivity contribution >= 4 is 0 Å². The zero-order chi connectivity index (χ0) is 14.0. The minimum absolute atomic E-state index is 0.00884. The summed E-state index contributed by atoms with van der Waals surface area (Å²) in [7, 11) is 2.95. The molecule has 0 amide bonds. The Morgan fingerprint density at radius 2 is 1.84 bits per heavy atom. The van der Waals surface area contributed by atoms with Crippen molar-refractivity contribution in [2.75, 3.05) is 20.8 Å². The van der Waals surface area contributed by atoms with Crippen molar-refractivity contribution in [2.24, 2.45) is 0 Å². The third-order valence-corrected chi connectivity index (χ3v) is 3.75. The monoisotopic (exact) mass is 271 g/mol. The van der Waals surface area contributed by atoms with Crippen LogP contribution in [0, 0.1) is 0 Å². The number of methoxy groups -OCH3 is 2. The van der Waals surface area contributed by atoms with E-state index < -0.39 is 12.0 Å². The quantitative estimate of drug-likeness (QED) is 0.912. The number of nitrogens with one attached hydrogen (secondary N) is 1. The number of benzene rings is 1. The van der Waals surface area contributed by atoms with Crippen molar-refractivity contribution in [2.45, 2.75) is 31.7 Å². The van der Waals surface area contributed by atoms with E-state index in [1.165, 1.54) is 20.3 Å². The van der Waals surface area contributed by atoms with E-state index in [4.69, 9.17) is 9.47 Å². The molecule has 1 heterocycles. The zero-order valence-electron chi connectivity index (χ0n) is 11.4. The fourth-order valence-electron chi connectivity index (χ4n) is 2.68. The van der Waals surface area contributed by atoms with E-state index in [1.807, 2.05) is 6.92 Å². The van der Waals surface area contributed by atoms with Crippen LogP contribution in [0.25, 0.3) is 0 Å². The normalized spacial score (nSPS) is 22.8. The number of hydrogen-bond acceptors (Lipinski definition) is 3. The summed E-state index contributed by atoms with van der Waals surface area (Å²) in [5.41, 5.74) is 0.179. The Hall–Kier alpha value is -1.36. The summed E-state index contributed by atoms with van der Waals surface area (Å²) < 4.78 is 36.9. The van der Waals surface area contributed by atoms with Gasteiger partial charge in [-0.2, -0.15) is 0 Å². The van der Waals surface area contributed by atoms with E-state index in [0.29, 0.717) is 17.1 Å². The van der Waals surface area contributed by atoms with Crippen molar-refractivity contribution < 1.29 is 18.3 Å². The van der Waals surface area contributed by atoms with E-state index >= 15 is 0 Å². The largest absolute Gasteiger partial charge is 0.493 e. The molecule has 19 heavy (non-hydrogen) atoms. The van der Waals surface area contributed by atoms with Crippen molar-refractivity contribution in [1.82, 2.24) is 5.32 Å². The molecule has 0 bridgehead atoms. The third-order valence-electron chi connectivity index (χ3n) is 3.75. The van der Waals surface area contributed by atoms with Crippen LogP contribution in [0.15, 0.2) is 12.1 Å². The van der Waals surface area contributed by atoms with Gasteiger partial charge in [0.15, 0.2) is 11.5 Å². The first-order valence-electron chi connectivity index (χ1n) is 6.31. The standard InChI is InChI=1S/C14H19F2NO2/c1-14(5-4-6-17-14)10-8-12(19-3)11(18-2)7-9(10)13(15)16/h7-8,13,17H,4-6H2,1-3H3. The highest BCUT2D eigenvalue weighted by Crippen LogP contribution is 2.42. The summed E-state index contributed by atoms with van der Waals surface area (Å²) in [6, 6.07) is 3.04. The smallest absolute Gasteiger partial charge is 0.264 e.